The minimum atomic E-state index is 0.575. The van der Waals surface area contributed by atoms with E-state index >= 15 is 0 Å². The molecule has 0 aliphatic rings. The van der Waals surface area contributed by atoms with Gasteiger partial charge in [-0.2, -0.15) is 0 Å². The Labute approximate surface area is 117 Å². The predicted molar refractivity (Wildman–Crippen MR) is 76.4 cm³/mol. The van der Waals surface area contributed by atoms with Gasteiger partial charge < -0.3 is 9.15 Å². The van der Waals surface area contributed by atoms with Gasteiger partial charge in [-0.15, -0.1) is 10.2 Å². The molecule has 102 valence electrons. The van der Waals surface area contributed by atoms with E-state index < -0.39 is 0 Å². The zero-order valence-electron chi connectivity index (χ0n) is 11.5. The van der Waals surface area contributed by atoms with Crippen molar-refractivity contribution >= 4 is 11.8 Å². The van der Waals surface area contributed by atoms with Crippen LogP contribution in [0.2, 0.25) is 0 Å². The zero-order valence-corrected chi connectivity index (χ0v) is 12.3. The molecule has 19 heavy (non-hydrogen) atoms. The lowest BCUT2D eigenvalue weighted by Crippen LogP contribution is -1.95. The van der Waals surface area contributed by atoms with Crippen LogP contribution in [-0.4, -0.2) is 29.2 Å². The molecular weight excluding hydrogens is 260 g/mol. The summed E-state index contributed by atoms with van der Waals surface area (Å²) in [5, 5.41) is 8.72. The zero-order chi connectivity index (χ0) is 13.7. The molecule has 0 N–H and O–H groups in total. The number of hydrogen-bond acceptors (Lipinski definition) is 5. The summed E-state index contributed by atoms with van der Waals surface area (Å²) in [4.78, 5) is 0. The fourth-order valence-electron chi connectivity index (χ4n) is 1.82. The first kappa shape index (κ1) is 14.1. The summed E-state index contributed by atoms with van der Waals surface area (Å²) in [6.07, 6.45) is 0. The molecule has 0 unspecified atom stereocenters. The Morgan fingerprint density at radius 2 is 1.89 bits per heavy atom. The van der Waals surface area contributed by atoms with E-state index in [9.17, 15) is 0 Å². The van der Waals surface area contributed by atoms with Crippen LogP contribution in [0.5, 0.6) is 0 Å². The van der Waals surface area contributed by atoms with Crippen molar-refractivity contribution < 1.29 is 9.15 Å². The van der Waals surface area contributed by atoms with E-state index in [0.717, 1.165) is 17.9 Å². The van der Waals surface area contributed by atoms with E-state index in [1.807, 2.05) is 6.92 Å². The van der Waals surface area contributed by atoms with Crippen molar-refractivity contribution in [1.29, 1.82) is 0 Å². The molecule has 0 aliphatic heterocycles. The Morgan fingerprint density at radius 1 is 1.16 bits per heavy atom. The molecule has 1 heterocycles. The van der Waals surface area contributed by atoms with E-state index in [4.69, 9.17) is 9.15 Å². The summed E-state index contributed by atoms with van der Waals surface area (Å²) in [6.45, 7) is 7.53. The van der Waals surface area contributed by atoms with E-state index in [1.54, 1.807) is 0 Å². The molecule has 0 fully saturated rings. The first-order chi connectivity index (χ1) is 9.19. The third kappa shape index (κ3) is 4.08. The highest BCUT2D eigenvalue weighted by Crippen LogP contribution is 2.24. The monoisotopic (exact) mass is 278 g/mol. The summed E-state index contributed by atoms with van der Waals surface area (Å²) in [5.41, 5.74) is 3.36. The number of hydrogen-bond donors (Lipinski definition) is 0. The normalized spacial score (nSPS) is 10.9. The Kier molecular flexibility index (Phi) is 4.99. The summed E-state index contributed by atoms with van der Waals surface area (Å²) in [7, 11) is 0. The number of thioether (sulfide) groups is 1. The maximum Gasteiger partial charge on any atom is 0.276 e. The highest BCUT2D eigenvalue weighted by Gasteiger charge is 2.09. The van der Waals surface area contributed by atoms with Gasteiger partial charge in [0.05, 0.1) is 6.61 Å². The Balaban J connectivity index is 2.03. The van der Waals surface area contributed by atoms with Crippen molar-refractivity contribution in [3.63, 3.8) is 0 Å². The molecule has 2 rings (SSSR count). The van der Waals surface area contributed by atoms with Crippen LogP contribution in [0.25, 0.3) is 11.5 Å². The van der Waals surface area contributed by atoms with Crippen molar-refractivity contribution in [3.8, 4) is 11.5 Å². The van der Waals surface area contributed by atoms with Crippen molar-refractivity contribution in [2.45, 2.75) is 26.0 Å². The molecule has 0 atom stereocenters. The summed E-state index contributed by atoms with van der Waals surface area (Å²) in [5.74, 6) is 1.40. The molecule has 0 spiro atoms. The lowest BCUT2D eigenvalue weighted by molar-refractivity contribution is 0.164. The molecule has 0 amide bonds. The molecule has 2 aromatic rings. The molecule has 0 saturated heterocycles. The van der Waals surface area contributed by atoms with Gasteiger partial charge in [-0.05, 0) is 32.9 Å². The Hall–Kier alpha value is -1.33. The maximum atomic E-state index is 5.65. The molecule has 4 nitrogen and oxygen atoms in total. The van der Waals surface area contributed by atoms with Crippen molar-refractivity contribution in [2.75, 3.05) is 19.0 Å². The second-order valence-electron chi connectivity index (χ2n) is 4.29. The molecule has 0 bridgehead atoms. The van der Waals surface area contributed by atoms with Gasteiger partial charge >= 0.3 is 0 Å². The molecule has 5 heteroatoms. The minimum absolute atomic E-state index is 0.575. The topological polar surface area (TPSA) is 48.2 Å². The minimum Gasteiger partial charge on any atom is -0.411 e. The van der Waals surface area contributed by atoms with Gasteiger partial charge in [-0.1, -0.05) is 29.0 Å². The SMILES string of the molecule is CCOCCSc1nnc(-c2cc(C)cc(C)c2)o1. The van der Waals surface area contributed by atoms with Crippen LogP contribution in [0.3, 0.4) is 0 Å². The third-order valence-electron chi connectivity index (χ3n) is 2.53. The predicted octanol–water partition coefficient (Wildman–Crippen LogP) is 3.48. The molecule has 1 aromatic carbocycles. The maximum absolute atomic E-state index is 5.65. The molecule has 0 saturated carbocycles. The number of rotatable bonds is 6. The first-order valence-corrected chi connectivity index (χ1v) is 7.30. The Bertz CT molecular complexity index is 520. The van der Waals surface area contributed by atoms with Crippen LogP contribution in [0.4, 0.5) is 0 Å². The number of ether oxygens (including phenoxy) is 1. The van der Waals surface area contributed by atoms with E-state index in [1.165, 1.54) is 22.9 Å². The molecule has 1 aromatic heterocycles. The van der Waals surface area contributed by atoms with E-state index in [-0.39, 0.29) is 0 Å². The summed E-state index contributed by atoms with van der Waals surface area (Å²) in [6, 6.07) is 6.22. The van der Waals surface area contributed by atoms with Gasteiger partial charge in [0.15, 0.2) is 0 Å². The van der Waals surface area contributed by atoms with Gasteiger partial charge in [-0.3, -0.25) is 0 Å². The largest absolute Gasteiger partial charge is 0.411 e. The van der Waals surface area contributed by atoms with Crippen molar-refractivity contribution in [2.24, 2.45) is 0 Å². The van der Waals surface area contributed by atoms with Gasteiger partial charge in [0, 0.05) is 17.9 Å². The number of aromatic nitrogens is 2. The standard InChI is InChI=1S/C14H18N2O2S/c1-4-17-5-6-19-14-16-15-13(18-14)12-8-10(2)7-11(3)9-12/h7-9H,4-6H2,1-3H3. The van der Waals surface area contributed by atoms with E-state index in [0.29, 0.717) is 17.7 Å². The smallest absolute Gasteiger partial charge is 0.276 e. The van der Waals surface area contributed by atoms with Crippen LogP contribution in [-0.2, 0) is 4.74 Å². The van der Waals surface area contributed by atoms with Crippen LogP contribution in [0.15, 0.2) is 27.8 Å². The van der Waals surface area contributed by atoms with Gasteiger partial charge in [0.1, 0.15) is 0 Å². The van der Waals surface area contributed by atoms with Gasteiger partial charge in [0.25, 0.3) is 5.22 Å². The van der Waals surface area contributed by atoms with Crippen LogP contribution in [0, 0.1) is 13.8 Å². The molecular formula is C14H18N2O2S. The van der Waals surface area contributed by atoms with Crippen LogP contribution >= 0.6 is 11.8 Å². The quantitative estimate of drug-likeness (QED) is 0.598. The van der Waals surface area contributed by atoms with Crippen LogP contribution in [0.1, 0.15) is 18.1 Å². The molecule has 0 aliphatic carbocycles. The fraction of sp³-hybridized carbons (Fsp3) is 0.429. The highest BCUT2D eigenvalue weighted by atomic mass is 32.2. The summed E-state index contributed by atoms with van der Waals surface area (Å²) < 4.78 is 10.9. The lowest BCUT2D eigenvalue weighted by Gasteiger charge is -2.00. The highest BCUT2D eigenvalue weighted by molar-refractivity contribution is 7.99. The van der Waals surface area contributed by atoms with Crippen molar-refractivity contribution in [3.05, 3.63) is 29.3 Å². The van der Waals surface area contributed by atoms with E-state index in [2.05, 4.69) is 42.2 Å². The number of aryl methyl sites for hydroxylation is 2. The van der Waals surface area contributed by atoms with Gasteiger partial charge in [0.2, 0.25) is 5.89 Å². The second kappa shape index (κ2) is 6.73. The number of benzene rings is 1. The first-order valence-electron chi connectivity index (χ1n) is 6.31. The van der Waals surface area contributed by atoms with Crippen LogP contribution < -0.4 is 0 Å². The van der Waals surface area contributed by atoms with Crippen molar-refractivity contribution in [1.82, 2.24) is 10.2 Å². The molecule has 0 radical (unpaired) electrons. The average molecular weight is 278 g/mol. The fourth-order valence-corrected chi connectivity index (χ4v) is 2.43. The third-order valence-corrected chi connectivity index (χ3v) is 3.32. The number of nitrogens with zero attached hydrogens (tertiary/aromatic N) is 2. The summed E-state index contributed by atoms with van der Waals surface area (Å²) >= 11 is 1.52. The Morgan fingerprint density at radius 3 is 2.58 bits per heavy atom. The second-order valence-corrected chi connectivity index (χ2v) is 5.34. The average Bonchev–Trinajstić information content (AvgIpc) is 2.82. The lowest BCUT2D eigenvalue weighted by atomic mass is 10.1. The van der Waals surface area contributed by atoms with Gasteiger partial charge in [-0.25, -0.2) is 0 Å².